The van der Waals surface area contributed by atoms with E-state index in [4.69, 9.17) is 55.9 Å². The van der Waals surface area contributed by atoms with Crippen molar-refractivity contribution in [3.63, 3.8) is 0 Å². The maximum atomic E-state index is 12.0. The molecule has 2 aromatic rings. The van der Waals surface area contributed by atoms with Crippen LogP contribution >= 0.6 is 46.4 Å². The molecule has 0 radical (unpaired) electrons. The lowest BCUT2D eigenvalue weighted by Gasteiger charge is -2.12. The highest BCUT2D eigenvalue weighted by Gasteiger charge is 2.17. The Bertz CT molecular complexity index is 783. The van der Waals surface area contributed by atoms with E-state index in [1.165, 1.54) is 25.3 Å². The second-order valence-electron chi connectivity index (χ2n) is 4.70. The number of halogens is 4. The molecule has 0 aliphatic heterocycles. The summed E-state index contributed by atoms with van der Waals surface area (Å²) >= 11 is 23.8. The Hall–Kier alpha value is -1.66. The van der Waals surface area contributed by atoms with E-state index in [0.29, 0.717) is 5.75 Å². The minimum absolute atomic E-state index is 0.0332. The van der Waals surface area contributed by atoms with Gasteiger partial charge in [-0.1, -0.05) is 46.4 Å². The zero-order valence-corrected chi connectivity index (χ0v) is 15.8. The van der Waals surface area contributed by atoms with Crippen LogP contribution in [0.3, 0.4) is 0 Å². The number of ether oxygens (including phenoxy) is 2. The van der Waals surface area contributed by atoms with E-state index < -0.39 is 18.5 Å². The summed E-state index contributed by atoms with van der Waals surface area (Å²) in [6.07, 6.45) is 0. The highest BCUT2D eigenvalue weighted by Crippen LogP contribution is 2.40. The van der Waals surface area contributed by atoms with Crippen molar-refractivity contribution in [2.45, 2.75) is 0 Å². The smallest absolute Gasteiger partial charge is 0.338 e. The normalized spacial score (nSPS) is 10.3. The molecule has 5 nitrogen and oxygen atoms in total. The van der Waals surface area contributed by atoms with Crippen LogP contribution in [0.2, 0.25) is 20.1 Å². The van der Waals surface area contributed by atoms with Gasteiger partial charge in [-0.15, -0.1) is 0 Å². The van der Waals surface area contributed by atoms with Gasteiger partial charge in [0.15, 0.2) is 6.61 Å². The third-order valence-electron chi connectivity index (χ3n) is 3.04. The number of methoxy groups -OCH3 is 1. The van der Waals surface area contributed by atoms with Gasteiger partial charge in [0.1, 0.15) is 5.75 Å². The summed E-state index contributed by atoms with van der Waals surface area (Å²) in [4.78, 5) is 23.9. The van der Waals surface area contributed by atoms with Gasteiger partial charge in [0.05, 0.1) is 38.5 Å². The first-order valence-electron chi connectivity index (χ1n) is 6.77. The Labute approximate surface area is 163 Å². The van der Waals surface area contributed by atoms with Crippen molar-refractivity contribution in [1.82, 2.24) is 0 Å². The monoisotopic (exact) mass is 421 g/mol. The molecule has 0 atom stereocenters. The molecule has 0 saturated carbocycles. The van der Waals surface area contributed by atoms with E-state index in [0.717, 1.165) is 0 Å². The van der Waals surface area contributed by atoms with Crippen LogP contribution in [0.5, 0.6) is 5.75 Å². The fraction of sp³-hybridized carbons (Fsp3) is 0.125. The lowest BCUT2D eigenvalue weighted by molar-refractivity contribution is -0.119. The average Bonchev–Trinajstić information content (AvgIpc) is 2.61. The molecule has 1 amide bonds. The van der Waals surface area contributed by atoms with Crippen LogP contribution in [0.15, 0.2) is 30.3 Å². The van der Waals surface area contributed by atoms with Crippen molar-refractivity contribution in [3.8, 4) is 5.75 Å². The maximum absolute atomic E-state index is 12.0. The predicted octanol–water partition coefficient (Wildman–Crippen LogP) is 5.10. The summed E-state index contributed by atoms with van der Waals surface area (Å²) < 4.78 is 9.92. The molecule has 0 saturated heterocycles. The Kier molecular flexibility index (Phi) is 6.79. The van der Waals surface area contributed by atoms with Gasteiger partial charge in [0.25, 0.3) is 5.91 Å². The van der Waals surface area contributed by atoms with E-state index in [1.807, 2.05) is 0 Å². The van der Waals surface area contributed by atoms with Crippen LogP contribution in [0.25, 0.3) is 0 Å². The molecule has 0 heterocycles. The largest absolute Gasteiger partial charge is 0.497 e. The van der Waals surface area contributed by atoms with Crippen molar-refractivity contribution < 1.29 is 19.1 Å². The van der Waals surface area contributed by atoms with Gasteiger partial charge in [-0.2, -0.15) is 0 Å². The number of carbonyl (C=O) groups is 2. The number of esters is 1. The molecule has 2 aromatic carbocycles. The first-order valence-corrected chi connectivity index (χ1v) is 8.28. The zero-order chi connectivity index (χ0) is 18.6. The van der Waals surface area contributed by atoms with Gasteiger partial charge in [-0.05, 0) is 30.3 Å². The van der Waals surface area contributed by atoms with Gasteiger partial charge in [-0.25, -0.2) is 4.79 Å². The van der Waals surface area contributed by atoms with Crippen LogP contribution in [0.4, 0.5) is 5.69 Å². The van der Waals surface area contributed by atoms with E-state index in [1.54, 1.807) is 12.1 Å². The molecule has 0 spiro atoms. The number of anilines is 1. The molecule has 0 aliphatic carbocycles. The van der Waals surface area contributed by atoms with Crippen molar-refractivity contribution in [3.05, 3.63) is 56.0 Å². The molecular weight excluding hydrogens is 412 g/mol. The van der Waals surface area contributed by atoms with Gasteiger partial charge in [0.2, 0.25) is 0 Å². The Morgan fingerprint density at radius 3 is 2.08 bits per heavy atom. The number of amides is 1. The second kappa shape index (κ2) is 8.63. The minimum Gasteiger partial charge on any atom is -0.497 e. The van der Waals surface area contributed by atoms with Gasteiger partial charge < -0.3 is 14.8 Å². The molecule has 2 rings (SSSR count). The standard InChI is InChI=1S/C16H11Cl4NO4/c1-24-9-4-2-8(3-5-9)16(23)25-7-12(22)21-15-13(19)10(17)6-11(18)14(15)20/h2-6H,7H2,1H3,(H,21,22). The number of carbonyl (C=O) groups excluding carboxylic acids is 2. The highest BCUT2D eigenvalue weighted by atomic mass is 35.5. The average molecular weight is 423 g/mol. The minimum atomic E-state index is -0.667. The van der Waals surface area contributed by atoms with Crippen LogP contribution in [0.1, 0.15) is 10.4 Å². The lowest BCUT2D eigenvalue weighted by atomic mass is 10.2. The summed E-state index contributed by atoms with van der Waals surface area (Å²) in [7, 11) is 1.51. The van der Waals surface area contributed by atoms with Gasteiger partial charge in [-0.3, -0.25) is 4.79 Å². The highest BCUT2D eigenvalue weighted by molar-refractivity contribution is 6.50. The summed E-state index contributed by atoms with van der Waals surface area (Å²) in [5, 5.41) is 2.74. The summed E-state index contributed by atoms with van der Waals surface area (Å²) in [6.45, 7) is -0.540. The van der Waals surface area contributed by atoms with E-state index in [-0.39, 0.29) is 31.3 Å². The molecule has 0 unspecified atom stereocenters. The Morgan fingerprint density at radius 1 is 1.00 bits per heavy atom. The van der Waals surface area contributed by atoms with Crippen LogP contribution in [0, 0.1) is 0 Å². The number of nitrogens with one attached hydrogen (secondary N) is 1. The van der Waals surface area contributed by atoms with Gasteiger partial charge in [0, 0.05) is 0 Å². The number of benzene rings is 2. The maximum Gasteiger partial charge on any atom is 0.338 e. The molecule has 0 aromatic heterocycles. The number of rotatable bonds is 5. The Morgan fingerprint density at radius 2 is 1.56 bits per heavy atom. The zero-order valence-electron chi connectivity index (χ0n) is 12.7. The van der Waals surface area contributed by atoms with Crippen molar-refractivity contribution >= 4 is 64.0 Å². The van der Waals surface area contributed by atoms with E-state index in [2.05, 4.69) is 5.32 Å². The molecule has 0 bridgehead atoms. The number of hydrogen-bond donors (Lipinski definition) is 1. The van der Waals surface area contributed by atoms with Crippen molar-refractivity contribution in [2.24, 2.45) is 0 Å². The second-order valence-corrected chi connectivity index (χ2v) is 6.27. The van der Waals surface area contributed by atoms with Crippen molar-refractivity contribution in [2.75, 3.05) is 19.0 Å². The fourth-order valence-electron chi connectivity index (χ4n) is 1.80. The van der Waals surface area contributed by atoms with Gasteiger partial charge >= 0.3 is 5.97 Å². The first-order chi connectivity index (χ1) is 11.8. The van der Waals surface area contributed by atoms with Crippen LogP contribution in [-0.4, -0.2) is 25.6 Å². The molecule has 1 N–H and O–H groups in total. The third kappa shape index (κ3) is 4.92. The topological polar surface area (TPSA) is 64.6 Å². The fourth-order valence-corrected chi connectivity index (χ4v) is 2.70. The number of hydrogen-bond acceptors (Lipinski definition) is 4. The molecular formula is C16H11Cl4NO4. The van der Waals surface area contributed by atoms with Crippen molar-refractivity contribution in [1.29, 1.82) is 0 Å². The summed E-state index contributed by atoms with van der Waals surface area (Å²) in [6, 6.07) is 7.59. The van der Waals surface area contributed by atoms with E-state index in [9.17, 15) is 9.59 Å². The van der Waals surface area contributed by atoms with Crippen LogP contribution < -0.4 is 10.1 Å². The quantitative estimate of drug-likeness (QED) is 0.537. The van der Waals surface area contributed by atoms with Crippen LogP contribution in [-0.2, 0) is 9.53 Å². The summed E-state index contributed by atoms with van der Waals surface area (Å²) in [5.41, 5.74) is 0.321. The predicted molar refractivity (Wildman–Crippen MR) is 98.4 cm³/mol. The lowest BCUT2D eigenvalue weighted by Crippen LogP contribution is -2.21. The first kappa shape index (κ1) is 19.7. The third-order valence-corrected chi connectivity index (χ3v) is 4.61. The Balaban J connectivity index is 2.00. The molecule has 0 fully saturated rings. The molecule has 25 heavy (non-hydrogen) atoms. The SMILES string of the molecule is COc1ccc(C(=O)OCC(=O)Nc2c(Cl)c(Cl)cc(Cl)c2Cl)cc1. The van der Waals surface area contributed by atoms with E-state index >= 15 is 0 Å². The molecule has 0 aliphatic rings. The molecule has 9 heteroatoms. The molecule has 132 valence electrons. The summed E-state index contributed by atoms with van der Waals surface area (Å²) in [5.74, 6) is -0.723.